The van der Waals surface area contributed by atoms with Gasteiger partial charge in [-0.15, -0.1) is 0 Å². The van der Waals surface area contributed by atoms with E-state index in [1.54, 1.807) is 0 Å². The molecule has 42 heavy (non-hydrogen) atoms. The normalized spacial score (nSPS) is 13.1. The topological polar surface area (TPSA) is 49.7 Å². The highest BCUT2D eigenvalue weighted by Gasteiger charge is 2.29. The van der Waals surface area contributed by atoms with Gasteiger partial charge in [-0.25, -0.2) is 0 Å². The van der Waals surface area contributed by atoms with E-state index in [9.17, 15) is 9.79 Å². The van der Waals surface area contributed by atoms with Gasteiger partial charge >= 0.3 is 8.60 Å². The zero-order chi connectivity index (χ0) is 31.3. The molecule has 0 aromatic heterocycles. The first-order valence-electron chi connectivity index (χ1n) is 15.7. The van der Waals surface area contributed by atoms with Crippen LogP contribution in [0, 0.1) is 0 Å². The monoisotopic (exact) mass is 590 g/mol. The SMILES string of the molecule is CCC(C)(C)c1ccc(CCC(C)(C)c2ccc(OP(O)O)c(C(C)(C)CCc3ccc(C(C)(C)CC)cc3)c2)cc1. The van der Waals surface area contributed by atoms with E-state index in [4.69, 9.17) is 4.52 Å². The molecule has 0 unspecified atom stereocenters. The Kier molecular flexibility index (Phi) is 11.1. The summed E-state index contributed by atoms with van der Waals surface area (Å²) in [5.74, 6) is 0.560. The maximum atomic E-state index is 9.74. The zero-order valence-corrected chi connectivity index (χ0v) is 28.7. The molecule has 3 aromatic rings. The van der Waals surface area contributed by atoms with Crippen LogP contribution in [0.15, 0.2) is 66.7 Å². The van der Waals surface area contributed by atoms with Crippen LogP contribution in [0.2, 0.25) is 0 Å². The number of hydrogen-bond donors (Lipinski definition) is 2. The van der Waals surface area contributed by atoms with E-state index >= 15 is 0 Å². The van der Waals surface area contributed by atoms with Crippen molar-refractivity contribution in [2.45, 2.75) is 129 Å². The fraction of sp³-hybridized carbons (Fsp3) is 0.526. The lowest BCUT2D eigenvalue weighted by atomic mass is 9.74. The van der Waals surface area contributed by atoms with Gasteiger partial charge in [-0.1, -0.05) is 130 Å². The third-order valence-corrected chi connectivity index (χ3v) is 10.3. The van der Waals surface area contributed by atoms with Crippen molar-refractivity contribution in [1.29, 1.82) is 0 Å². The molecule has 0 atom stereocenters. The highest BCUT2D eigenvalue weighted by molar-refractivity contribution is 7.39. The van der Waals surface area contributed by atoms with Crippen LogP contribution in [0.1, 0.15) is 128 Å². The van der Waals surface area contributed by atoms with Crippen molar-refractivity contribution in [3.8, 4) is 5.75 Å². The number of hydrogen-bond acceptors (Lipinski definition) is 3. The Morgan fingerprint density at radius 2 is 0.952 bits per heavy atom. The first kappa shape index (κ1) is 34.3. The lowest BCUT2D eigenvalue weighted by Gasteiger charge is -2.32. The smallest absolute Gasteiger partial charge is 0.391 e. The summed E-state index contributed by atoms with van der Waals surface area (Å²) in [4.78, 5) is 19.5. The molecule has 0 bridgehead atoms. The van der Waals surface area contributed by atoms with Crippen LogP contribution in [0.25, 0.3) is 0 Å². The molecule has 0 aliphatic heterocycles. The average molecular weight is 591 g/mol. The summed E-state index contributed by atoms with van der Waals surface area (Å²) in [7, 11) is -2.50. The predicted octanol–water partition coefficient (Wildman–Crippen LogP) is 10.5. The quantitative estimate of drug-likeness (QED) is 0.184. The molecule has 3 nitrogen and oxygen atoms in total. The van der Waals surface area contributed by atoms with E-state index in [2.05, 4.69) is 130 Å². The van der Waals surface area contributed by atoms with Gasteiger partial charge in [0.2, 0.25) is 0 Å². The second-order valence-electron chi connectivity index (χ2n) is 14.7. The molecule has 4 heteroatoms. The molecule has 0 spiro atoms. The van der Waals surface area contributed by atoms with Crippen molar-refractivity contribution in [1.82, 2.24) is 0 Å². The zero-order valence-electron chi connectivity index (χ0n) is 27.8. The fourth-order valence-electron chi connectivity index (χ4n) is 5.49. The van der Waals surface area contributed by atoms with E-state index in [1.165, 1.54) is 27.8 Å². The number of benzene rings is 3. The summed E-state index contributed by atoms with van der Waals surface area (Å²) < 4.78 is 5.57. The van der Waals surface area contributed by atoms with E-state index in [1.807, 2.05) is 6.07 Å². The standard InChI is InChI=1S/C38H55O3P/c1-11-35(3,4)30-17-13-28(14-18-30)23-25-37(7,8)32-21-22-34(41-42(39)40)33(27-32)38(9,10)26-24-29-15-19-31(20-16-29)36(5,6)12-2/h13-22,27,39-40H,11-12,23-26H2,1-10H3. The summed E-state index contributed by atoms with van der Waals surface area (Å²) in [6.45, 7) is 22.8. The van der Waals surface area contributed by atoms with E-state index in [0.29, 0.717) is 5.75 Å². The van der Waals surface area contributed by atoms with E-state index < -0.39 is 8.60 Å². The van der Waals surface area contributed by atoms with Gasteiger partial charge in [-0.2, -0.15) is 0 Å². The van der Waals surface area contributed by atoms with E-state index in [-0.39, 0.29) is 21.7 Å². The summed E-state index contributed by atoms with van der Waals surface area (Å²) in [6, 6.07) is 24.5. The van der Waals surface area contributed by atoms with Gasteiger partial charge in [-0.05, 0) is 94.1 Å². The van der Waals surface area contributed by atoms with Crippen molar-refractivity contribution >= 4 is 8.60 Å². The Hall–Kier alpha value is -2.19. The van der Waals surface area contributed by atoms with Crippen LogP contribution in [0.4, 0.5) is 0 Å². The first-order valence-corrected chi connectivity index (χ1v) is 16.9. The van der Waals surface area contributed by atoms with Gasteiger partial charge in [0, 0.05) is 5.56 Å². The van der Waals surface area contributed by atoms with Crippen LogP contribution >= 0.6 is 8.60 Å². The molecular formula is C38H55O3P. The molecule has 3 rings (SSSR count). The van der Waals surface area contributed by atoms with Crippen molar-refractivity contribution in [2.24, 2.45) is 0 Å². The van der Waals surface area contributed by atoms with Crippen LogP contribution in [-0.4, -0.2) is 9.79 Å². The molecule has 230 valence electrons. The lowest BCUT2D eigenvalue weighted by molar-refractivity contribution is 0.365. The van der Waals surface area contributed by atoms with Crippen molar-refractivity contribution in [3.05, 3.63) is 100 Å². The van der Waals surface area contributed by atoms with Gasteiger partial charge in [0.05, 0.1) is 0 Å². The Balaban J connectivity index is 1.80. The predicted molar refractivity (Wildman–Crippen MR) is 181 cm³/mol. The van der Waals surface area contributed by atoms with Gasteiger partial charge in [0.15, 0.2) is 0 Å². The Labute approximate surface area is 257 Å². The van der Waals surface area contributed by atoms with Crippen LogP contribution in [0.5, 0.6) is 5.75 Å². The molecule has 0 heterocycles. The molecule has 0 aliphatic rings. The third kappa shape index (κ3) is 8.68. The molecule has 0 radical (unpaired) electrons. The Morgan fingerprint density at radius 3 is 1.36 bits per heavy atom. The van der Waals surface area contributed by atoms with Gasteiger partial charge < -0.3 is 14.3 Å². The van der Waals surface area contributed by atoms with Crippen LogP contribution in [0.3, 0.4) is 0 Å². The van der Waals surface area contributed by atoms with Crippen molar-refractivity contribution in [3.63, 3.8) is 0 Å². The summed E-state index contributed by atoms with van der Waals surface area (Å²) in [5.41, 5.74) is 7.81. The van der Waals surface area contributed by atoms with Gasteiger partial charge in [0.25, 0.3) is 0 Å². The minimum atomic E-state index is -2.50. The fourth-order valence-corrected chi connectivity index (χ4v) is 5.83. The number of aryl methyl sites for hydroxylation is 2. The van der Waals surface area contributed by atoms with Crippen molar-refractivity contribution < 1.29 is 14.3 Å². The second kappa shape index (κ2) is 13.6. The molecule has 3 aromatic carbocycles. The largest absolute Gasteiger partial charge is 0.427 e. The molecular weight excluding hydrogens is 535 g/mol. The highest BCUT2D eigenvalue weighted by atomic mass is 31.2. The minimum absolute atomic E-state index is 0.0597. The van der Waals surface area contributed by atoms with Gasteiger partial charge in [0.1, 0.15) is 5.75 Å². The van der Waals surface area contributed by atoms with Crippen LogP contribution in [-0.2, 0) is 34.5 Å². The Morgan fingerprint density at radius 1 is 0.548 bits per heavy atom. The molecule has 0 saturated heterocycles. The highest BCUT2D eigenvalue weighted by Crippen LogP contribution is 2.43. The molecule has 0 fully saturated rings. The van der Waals surface area contributed by atoms with E-state index in [0.717, 1.165) is 44.1 Å². The third-order valence-electron chi connectivity index (χ3n) is 9.99. The molecule has 2 N–H and O–H groups in total. The Bertz CT molecular complexity index is 1280. The lowest BCUT2D eigenvalue weighted by Crippen LogP contribution is -2.23. The molecule has 0 amide bonds. The number of rotatable bonds is 14. The maximum absolute atomic E-state index is 9.74. The van der Waals surface area contributed by atoms with Gasteiger partial charge in [-0.3, -0.25) is 0 Å². The molecule has 0 saturated carbocycles. The summed E-state index contributed by atoms with van der Waals surface area (Å²) in [6.07, 6.45) is 6.09. The summed E-state index contributed by atoms with van der Waals surface area (Å²) >= 11 is 0. The summed E-state index contributed by atoms with van der Waals surface area (Å²) in [5, 5.41) is 0. The first-order chi connectivity index (χ1) is 19.5. The second-order valence-corrected chi connectivity index (χ2v) is 15.4. The minimum Gasteiger partial charge on any atom is -0.427 e. The average Bonchev–Trinajstić information content (AvgIpc) is 2.95. The van der Waals surface area contributed by atoms with Crippen LogP contribution < -0.4 is 4.52 Å². The maximum Gasteiger partial charge on any atom is 0.391 e. The molecule has 0 aliphatic carbocycles. The van der Waals surface area contributed by atoms with Crippen molar-refractivity contribution in [2.75, 3.05) is 0 Å².